The second kappa shape index (κ2) is 9.28. The number of ketones is 1. The Morgan fingerprint density at radius 3 is 2.48 bits per heavy atom. The number of benzene rings is 2. The molecule has 0 heterocycles. The molecular formula is C20H23NO3S. The highest BCUT2D eigenvalue weighted by Gasteiger charge is 2.05. The molecule has 2 aromatic carbocycles. The molecule has 1 N–H and O–H groups in total. The van der Waals surface area contributed by atoms with Crippen LogP contribution in [0.3, 0.4) is 0 Å². The third kappa shape index (κ3) is 6.63. The lowest BCUT2D eigenvalue weighted by molar-refractivity contribution is -0.113. The van der Waals surface area contributed by atoms with Crippen molar-refractivity contribution in [1.82, 2.24) is 0 Å². The van der Waals surface area contributed by atoms with Crippen molar-refractivity contribution < 1.29 is 14.3 Å². The summed E-state index contributed by atoms with van der Waals surface area (Å²) in [5.74, 6) is 1.84. The van der Waals surface area contributed by atoms with E-state index in [2.05, 4.69) is 11.4 Å². The van der Waals surface area contributed by atoms with Gasteiger partial charge in [-0.2, -0.15) is 0 Å². The molecule has 4 nitrogen and oxygen atoms in total. The summed E-state index contributed by atoms with van der Waals surface area (Å²) in [5, 5.41) is 2.81. The summed E-state index contributed by atoms with van der Waals surface area (Å²) >= 11 is 1.51. The fourth-order valence-corrected chi connectivity index (χ4v) is 3.02. The molecule has 2 rings (SSSR count). The summed E-state index contributed by atoms with van der Waals surface area (Å²) in [7, 11) is 0. The van der Waals surface area contributed by atoms with E-state index in [1.807, 2.05) is 26.0 Å². The fourth-order valence-electron chi connectivity index (χ4n) is 2.41. The van der Waals surface area contributed by atoms with E-state index in [0.29, 0.717) is 23.6 Å². The van der Waals surface area contributed by atoms with Gasteiger partial charge in [0, 0.05) is 17.0 Å². The molecule has 25 heavy (non-hydrogen) atoms. The second-order valence-corrected chi connectivity index (χ2v) is 7.01. The van der Waals surface area contributed by atoms with Gasteiger partial charge in [0.2, 0.25) is 5.91 Å². The van der Waals surface area contributed by atoms with Crippen LogP contribution in [0.1, 0.15) is 28.4 Å². The zero-order valence-corrected chi connectivity index (χ0v) is 15.6. The number of hydrogen-bond acceptors (Lipinski definition) is 4. The third-order valence-corrected chi connectivity index (χ3v) is 4.40. The van der Waals surface area contributed by atoms with Crippen molar-refractivity contribution in [2.75, 3.05) is 23.4 Å². The first-order valence-corrected chi connectivity index (χ1v) is 9.29. The van der Waals surface area contributed by atoms with Crippen molar-refractivity contribution in [1.29, 1.82) is 0 Å². The Morgan fingerprint density at radius 2 is 1.80 bits per heavy atom. The van der Waals surface area contributed by atoms with Gasteiger partial charge in [-0.25, -0.2) is 0 Å². The van der Waals surface area contributed by atoms with Gasteiger partial charge < -0.3 is 10.1 Å². The van der Waals surface area contributed by atoms with Gasteiger partial charge in [-0.15, -0.1) is 11.8 Å². The molecule has 0 aromatic heterocycles. The standard InChI is InChI=1S/C20H23NO3S/c1-14-9-15(2)11-19(10-14)24-7-8-25-13-20(23)21-18-6-4-5-17(12-18)16(3)22/h4-6,9-12H,7-8,13H2,1-3H3,(H,21,23). The average Bonchev–Trinajstić information content (AvgIpc) is 2.54. The summed E-state index contributed by atoms with van der Waals surface area (Å²) in [5.41, 5.74) is 3.58. The Morgan fingerprint density at radius 1 is 1.08 bits per heavy atom. The van der Waals surface area contributed by atoms with Crippen LogP contribution in [0.5, 0.6) is 5.75 Å². The van der Waals surface area contributed by atoms with Gasteiger partial charge in [-0.3, -0.25) is 9.59 Å². The zero-order valence-electron chi connectivity index (χ0n) is 14.8. The molecule has 5 heteroatoms. The first kappa shape index (κ1) is 19.1. The van der Waals surface area contributed by atoms with Crippen molar-refractivity contribution in [3.63, 3.8) is 0 Å². The molecule has 0 radical (unpaired) electrons. The second-order valence-electron chi connectivity index (χ2n) is 5.91. The van der Waals surface area contributed by atoms with Gasteiger partial charge in [0.25, 0.3) is 0 Å². The number of aryl methyl sites for hydroxylation is 2. The predicted molar refractivity (Wildman–Crippen MR) is 104 cm³/mol. The number of ether oxygens (including phenoxy) is 1. The Labute approximate surface area is 153 Å². The minimum absolute atomic E-state index is 0.0194. The fraction of sp³-hybridized carbons (Fsp3) is 0.300. The maximum Gasteiger partial charge on any atom is 0.234 e. The molecular weight excluding hydrogens is 334 g/mol. The molecule has 0 aliphatic heterocycles. The lowest BCUT2D eigenvalue weighted by Gasteiger charge is -2.09. The SMILES string of the molecule is CC(=O)c1cccc(NC(=O)CSCCOc2cc(C)cc(C)c2)c1. The van der Waals surface area contributed by atoms with Crippen LogP contribution in [0, 0.1) is 13.8 Å². The van der Waals surface area contributed by atoms with Gasteiger partial charge in [-0.1, -0.05) is 18.2 Å². The number of Topliss-reactive ketones (excluding diaryl/α,β-unsaturated/α-hetero) is 1. The number of thioether (sulfide) groups is 1. The summed E-state index contributed by atoms with van der Waals surface area (Å²) in [4.78, 5) is 23.3. The van der Waals surface area contributed by atoms with E-state index in [-0.39, 0.29) is 11.7 Å². The number of carbonyl (C=O) groups is 2. The maximum atomic E-state index is 12.0. The van der Waals surface area contributed by atoms with E-state index >= 15 is 0 Å². The maximum absolute atomic E-state index is 12.0. The third-order valence-electron chi connectivity index (χ3n) is 3.48. The smallest absolute Gasteiger partial charge is 0.234 e. The number of nitrogens with one attached hydrogen (secondary N) is 1. The highest BCUT2D eigenvalue weighted by atomic mass is 32.2. The van der Waals surface area contributed by atoms with Gasteiger partial charge in [0.15, 0.2) is 5.78 Å². The summed E-state index contributed by atoms with van der Waals surface area (Å²) < 4.78 is 5.72. The lowest BCUT2D eigenvalue weighted by Crippen LogP contribution is -2.15. The lowest BCUT2D eigenvalue weighted by atomic mass is 10.1. The van der Waals surface area contributed by atoms with Crippen LogP contribution in [0.15, 0.2) is 42.5 Å². The van der Waals surface area contributed by atoms with Gasteiger partial charge in [0.05, 0.1) is 12.4 Å². The summed E-state index contributed by atoms with van der Waals surface area (Å²) in [6, 6.07) is 13.1. The van der Waals surface area contributed by atoms with Gasteiger partial charge >= 0.3 is 0 Å². The minimum atomic E-state index is -0.0860. The highest BCUT2D eigenvalue weighted by molar-refractivity contribution is 7.99. The monoisotopic (exact) mass is 357 g/mol. The zero-order chi connectivity index (χ0) is 18.2. The van der Waals surface area contributed by atoms with Gasteiger partial charge in [-0.05, 0) is 56.2 Å². The van der Waals surface area contributed by atoms with E-state index in [1.165, 1.54) is 29.8 Å². The first-order valence-electron chi connectivity index (χ1n) is 8.14. The molecule has 132 valence electrons. The number of rotatable bonds is 8. The van der Waals surface area contributed by atoms with Crippen LogP contribution in [0.25, 0.3) is 0 Å². The molecule has 0 saturated carbocycles. The van der Waals surface area contributed by atoms with E-state index < -0.39 is 0 Å². The largest absolute Gasteiger partial charge is 0.493 e. The van der Waals surface area contributed by atoms with Crippen LogP contribution in [0.2, 0.25) is 0 Å². The van der Waals surface area contributed by atoms with Crippen molar-refractivity contribution in [2.24, 2.45) is 0 Å². The molecule has 0 aliphatic rings. The Hall–Kier alpha value is -2.27. The highest BCUT2D eigenvalue weighted by Crippen LogP contribution is 2.17. The summed E-state index contributed by atoms with van der Waals surface area (Å²) in [6.45, 7) is 6.15. The van der Waals surface area contributed by atoms with E-state index in [9.17, 15) is 9.59 Å². The van der Waals surface area contributed by atoms with Crippen molar-refractivity contribution in [3.05, 3.63) is 59.2 Å². The van der Waals surface area contributed by atoms with Gasteiger partial charge in [0.1, 0.15) is 5.75 Å². The Kier molecular flexibility index (Phi) is 7.07. The van der Waals surface area contributed by atoms with Crippen molar-refractivity contribution >= 4 is 29.1 Å². The number of amides is 1. The number of hydrogen-bond donors (Lipinski definition) is 1. The van der Waals surface area contributed by atoms with E-state index in [1.54, 1.807) is 24.3 Å². The van der Waals surface area contributed by atoms with Crippen molar-refractivity contribution in [2.45, 2.75) is 20.8 Å². The summed E-state index contributed by atoms with van der Waals surface area (Å²) in [6.07, 6.45) is 0. The van der Waals surface area contributed by atoms with Crippen LogP contribution >= 0.6 is 11.8 Å². The topological polar surface area (TPSA) is 55.4 Å². The van der Waals surface area contributed by atoms with E-state index in [4.69, 9.17) is 4.74 Å². The van der Waals surface area contributed by atoms with Crippen LogP contribution in [-0.4, -0.2) is 29.8 Å². The van der Waals surface area contributed by atoms with Crippen LogP contribution < -0.4 is 10.1 Å². The normalized spacial score (nSPS) is 10.4. The van der Waals surface area contributed by atoms with Crippen LogP contribution in [0.4, 0.5) is 5.69 Å². The van der Waals surface area contributed by atoms with E-state index in [0.717, 1.165) is 11.5 Å². The van der Waals surface area contributed by atoms with Crippen molar-refractivity contribution in [3.8, 4) is 5.75 Å². The average molecular weight is 357 g/mol. The Bertz CT molecular complexity index is 738. The number of anilines is 1. The molecule has 0 unspecified atom stereocenters. The molecule has 0 aliphatic carbocycles. The predicted octanol–water partition coefficient (Wildman–Crippen LogP) is 4.26. The molecule has 0 saturated heterocycles. The molecule has 2 aromatic rings. The molecule has 0 atom stereocenters. The minimum Gasteiger partial charge on any atom is -0.493 e. The first-order chi connectivity index (χ1) is 11.9. The molecule has 1 amide bonds. The Balaban J connectivity index is 1.70. The molecule has 0 fully saturated rings. The molecule has 0 bridgehead atoms. The quantitative estimate of drug-likeness (QED) is 0.567. The number of carbonyl (C=O) groups excluding carboxylic acids is 2. The molecule has 0 spiro atoms. The van der Waals surface area contributed by atoms with Crippen LogP contribution in [-0.2, 0) is 4.79 Å².